The van der Waals surface area contributed by atoms with E-state index >= 15 is 0 Å². The number of hydrogen-bond acceptors (Lipinski definition) is 10. The first-order chi connectivity index (χ1) is 12.7. The Kier molecular flexibility index (Phi) is 5.57. The Hall–Kier alpha value is -1.57. The van der Waals surface area contributed by atoms with Crippen molar-refractivity contribution < 1.29 is 54.8 Å². The molecule has 0 aromatic rings. The zero-order valence-electron chi connectivity index (χ0n) is 14.0. The molecule has 0 spiro atoms. The summed E-state index contributed by atoms with van der Waals surface area (Å²) in [5.74, 6) is -3.20. The van der Waals surface area contributed by atoms with Crippen LogP contribution < -0.4 is 0 Å². The van der Waals surface area contributed by atoms with Gasteiger partial charge in [-0.3, -0.25) is 0 Å². The third-order valence-electron chi connectivity index (χ3n) is 5.15. The number of aliphatic hydroxyl groups excluding tert-OH is 5. The summed E-state index contributed by atoms with van der Waals surface area (Å²) in [4.78, 5) is 11.4. The molecule has 0 amide bonds. The maximum atomic E-state index is 11.4. The van der Waals surface area contributed by atoms with Gasteiger partial charge in [0.15, 0.2) is 6.29 Å². The van der Waals surface area contributed by atoms with Crippen molar-refractivity contribution in [1.82, 2.24) is 0 Å². The Bertz CT molecular complexity index is 632. The van der Waals surface area contributed by atoms with E-state index in [2.05, 4.69) is 0 Å². The quantitative estimate of drug-likeness (QED) is 0.233. The second kappa shape index (κ2) is 7.45. The van der Waals surface area contributed by atoms with Crippen LogP contribution in [0.15, 0.2) is 24.0 Å². The molecule has 0 saturated carbocycles. The van der Waals surface area contributed by atoms with Crippen LogP contribution in [-0.4, -0.2) is 97.5 Å². The first-order valence-electron chi connectivity index (χ1n) is 8.31. The van der Waals surface area contributed by atoms with Gasteiger partial charge in [0.05, 0.1) is 31.0 Å². The molecule has 0 aromatic carbocycles. The Morgan fingerprint density at radius 3 is 2.44 bits per heavy atom. The first-order valence-corrected chi connectivity index (χ1v) is 8.31. The molecule has 7 N–H and O–H groups in total. The Morgan fingerprint density at radius 2 is 1.85 bits per heavy atom. The number of aliphatic hydroxyl groups is 6. The maximum Gasteiger partial charge on any atom is 0.335 e. The average Bonchev–Trinajstić information content (AvgIpc) is 3.01. The average molecular weight is 390 g/mol. The molecule has 0 aromatic heterocycles. The minimum Gasteiger partial charge on any atom is -0.478 e. The molecular formula is C16H22O11. The van der Waals surface area contributed by atoms with Crippen LogP contribution in [0, 0.1) is 11.8 Å². The lowest BCUT2D eigenvalue weighted by Gasteiger charge is -2.44. The fourth-order valence-corrected chi connectivity index (χ4v) is 3.60. The van der Waals surface area contributed by atoms with Gasteiger partial charge in [-0.05, 0) is 0 Å². The van der Waals surface area contributed by atoms with Crippen LogP contribution >= 0.6 is 0 Å². The monoisotopic (exact) mass is 390 g/mol. The Balaban J connectivity index is 1.84. The van der Waals surface area contributed by atoms with E-state index in [0.29, 0.717) is 0 Å². The minimum absolute atomic E-state index is 0.158. The summed E-state index contributed by atoms with van der Waals surface area (Å²) in [6.45, 7) is -1.40. The summed E-state index contributed by atoms with van der Waals surface area (Å²) in [6, 6.07) is 0. The number of aliphatic carboxylic acids is 1. The number of hydrogen-bond donors (Lipinski definition) is 7. The van der Waals surface area contributed by atoms with E-state index in [1.165, 1.54) is 12.2 Å². The van der Waals surface area contributed by atoms with E-state index in [-0.39, 0.29) is 5.57 Å². The van der Waals surface area contributed by atoms with Crippen molar-refractivity contribution in [1.29, 1.82) is 0 Å². The third kappa shape index (κ3) is 3.37. The summed E-state index contributed by atoms with van der Waals surface area (Å²) < 4.78 is 16.0. The Morgan fingerprint density at radius 1 is 1.15 bits per heavy atom. The topological polar surface area (TPSA) is 186 Å². The summed E-state index contributed by atoms with van der Waals surface area (Å²) in [7, 11) is 0. The smallest absolute Gasteiger partial charge is 0.335 e. The molecule has 11 nitrogen and oxygen atoms in total. The molecule has 9 atom stereocenters. The van der Waals surface area contributed by atoms with Crippen molar-refractivity contribution >= 4 is 5.97 Å². The van der Waals surface area contributed by atoms with Crippen LogP contribution in [-0.2, 0) is 19.0 Å². The molecule has 3 rings (SSSR count). The second-order valence-corrected chi connectivity index (χ2v) is 6.78. The summed E-state index contributed by atoms with van der Waals surface area (Å²) in [5.41, 5.74) is -2.01. The highest BCUT2D eigenvalue weighted by atomic mass is 16.8. The first kappa shape index (κ1) is 20.2. The summed E-state index contributed by atoms with van der Waals surface area (Å²) >= 11 is 0. The van der Waals surface area contributed by atoms with Crippen molar-refractivity contribution in [3.63, 3.8) is 0 Å². The van der Waals surface area contributed by atoms with Crippen LogP contribution in [0.3, 0.4) is 0 Å². The van der Waals surface area contributed by atoms with Crippen molar-refractivity contribution in [3.05, 3.63) is 24.0 Å². The van der Waals surface area contributed by atoms with Crippen molar-refractivity contribution in [2.24, 2.45) is 11.8 Å². The van der Waals surface area contributed by atoms with Gasteiger partial charge in [-0.1, -0.05) is 12.2 Å². The predicted octanol–water partition coefficient (Wildman–Crippen LogP) is -3.35. The van der Waals surface area contributed by atoms with E-state index in [0.717, 1.165) is 6.26 Å². The molecule has 2 aliphatic heterocycles. The van der Waals surface area contributed by atoms with Gasteiger partial charge < -0.3 is 50.0 Å². The van der Waals surface area contributed by atoms with Gasteiger partial charge in [0.1, 0.15) is 30.0 Å². The largest absolute Gasteiger partial charge is 0.478 e. The maximum absolute atomic E-state index is 11.4. The number of rotatable bonds is 5. The van der Waals surface area contributed by atoms with Gasteiger partial charge in [-0.25, -0.2) is 4.79 Å². The van der Waals surface area contributed by atoms with Gasteiger partial charge in [0.2, 0.25) is 6.29 Å². The number of carboxylic acids is 1. The van der Waals surface area contributed by atoms with Crippen LogP contribution in [0.1, 0.15) is 0 Å². The van der Waals surface area contributed by atoms with Gasteiger partial charge in [-0.2, -0.15) is 0 Å². The number of fused-ring (bicyclic) bond motifs is 1. The number of ether oxygens (including phenoxy) is 3. The molecule has 5 unspecified atom stereocenters. The van der Waals surface area contributed by atoms with E-state index in [1.54, 1.807) is 0 Å². The van der Waals surface area contributed by atoms with Gasteiger partial charge in [0, 0.05) is 5.92 Å². The van der Waals surface area contributed by atoms with Crippen LogP contribution in [0.25, 0.3) is 0 Å². The van der Waals surface area contributed by atoms with Crippen LogP contribution in [0.2, 0.25) is 0 Å². The van der Waals surface area contributed by atoms with Crippen LogP contribution in [0.5, 0.6) is 0 Å². The molecule has 1 saturated heterocycles. The SMILES string of the molecule is O=C(O)C1=CO[C@@H](OC2OC(CO)C(O)C(O)C2O)[C@H]2[C@@H]1C=C[C@]2(O)CO. The van der Waals surface area contributed by atoms with Crippen molar-refractivity contribution in [2.45, 2.75) is 42.6 Å². The molecule has 1 aliphatic carbocycles. The van der Waals surface area contributed by atoms with E-state index in [1.807, 2.05) is 0 Å². The second-order valence-electron chi connectivity index (χ2n) is 6.78. The molecule has 2 heterocycles. The van der Waals surface area contributed by atoms with E-state index < -0.39 is 73.6 Å². The molecule has 3 aliphatic rings. The lowest BCUT2D eigenvalue weighted by Crippen LogP contribution is -2.61. The van der Waals surface area contributed by atoms with Crippen LogP contribution in [0.4, 0.5) is 0 Å². The molecular weight excluding hydrogens is 368 g/mol. The highest BCUT2D eigenvalue weighted by Crippen LogP contribution is 2.45. The number of carbonyl (C=O) groups is 1. The summed E-state index contributed by atoms with van der Waals surface area (Å²) in [6.07, 6.45) is -5.48. The fraction of sp³-hybridized carbons (Fsp3) is 0.688. The standard InChI is InChI=1S/C16H22O11/c17-3-8-10(19)11(20)12(21)15(26-8)27-14-9-6(1-2-16(9,24)5-18)7(4-25-14)13(22)23/h1-2,4,6,8-12,14-15,17-21,24H,3,5H2,(H,22,23)/t6-,8?,9-,10?,11?,12?,14+,15?,16+/m1/s1. The fourth-order valence-electron chi connectivity index (χ4n) is 3.60. The molecule has 11 heteroatoms. The number of allylic oxidation sites excluding steroid dienone is 1. The molecule has 152 valence electrons. The molecule has 0 radical (unpaired) electrons. The zero-order chi connectivity index (χ0) is 19.9. The van der Waals surface area contributed by atoms with Crippen molar-refractivity contribution in [3.8, 4) is 0 Å². The lowest BCUT2D eigenvalue weighted by atomic mass is 9.79. The Labute approximate surface area is 153 Å². The van der Waals surface area contributed by atoms with E-state index in [4.69, 9.17) is 14.2 Å². The zero-order valence-corrected chi connectivity index (χ0v) is 14.0. The summed E-state index contributed by atoms with van der Waals surface area (Å²) in [5, 5.41) is 68.4. The van der Waals surface area contributed by atoms with Gasteiger partial charge >= 0.3 is 5.97 Å². The molecule has 1 fully saturated rings. The minimum atomic E-state index is -1.85. The third-order valence-corrected chi connectivity index (χ3v) is 5.15. The predicted molar refractivity (Wildman–Crippen MR) is 83.6 cm³/mol. The molecule has 27 heavy (non-hydrogen) atoms. The lowest BCUT2D eigenvalue weighted by molar-refractivity contribution is -0.346. The van der Waals surface area contributed by atoms with Gasteiger partial charge in [-0.15, -0.1) is 0 Å². The molecule has 0 bridgehead atoms. The number of carboxylic acid groups (broad SMARTS) is 1. The highest BCUT2D eigenvalue weighted by molar-refractivity contribution is 5.87. The highest BCUT2D eigenvalue weighted by Gasteiger charge is 2.55. The van der Waals surface area contributed by atoms with Gasteiger partial charge in [0.25, 0.3) is 0 Å². The van der Waals surface area contributed by atoms with Crippen molar-refractivity contribution in [2.75, 3.05) is 13.2 Å². The van der Waals surface area contributed by atoms with E-state index in [9.17, 15) is 40.5 Å². The normalized spacial score (nSPS) is 46.5.